The Morgan fingerprint density at radius 1 is 1.38 bits per heavy atom. The Kier molecular flexibility index (Phi) is 9.16. The van der Waals surface area contributed by atoms with Crippen molar-refractivity contribution in [2.24, 2.45) is 5.73 Å². The molecule has 2 aliphatic rings. The van der Waals surface area contributed by atoms with Gasteiger partial charge in [0.05, 0.1) is 11.7 Å². The van der Waals surface area contributed by atoms with Crippen LogP contribution < -0.4 is 67.5 Å². The van der Waals surface area contributed by atoms with Crippen LogP contribution in [0.25, 0.3) is 0 Å². The molecule has 2 aromatic rings. The third-order valence-corrected chi connectivity index (χ3v) is 8.60. The van der Waals surface area contributed by atoms with Crippen LogP contribution >= 0.6 is 46.2 Å². The minimum absolute atomic E-state index is 0. The number of thiazole rings is 1. The van der Waals surface area contributed by atoms with E-state index in [0.29, 0.717) is 21.9 Å². The molecule has 0 radical (unpaired) electrons. The summed E-state index contributed by atoms with van der Waals surface area (Å²) >= 11 is 4.85. The van der Waals surface area contributed by atoms with Crippen LogP contribution in [0, 0.1) is 0 Å². The van der Waals surface area contributed by atoms with E-state index >= 15 is 0 Å². The number of amides is 2. The molecule has 1 fully saturated rings. The molecule has 9 nitrogen and oxygen atoms in total. The van der Waals surface area contributed by atoms with Crippen LogP contribution in [0.5, 0.6) is 0 Å². The Bertz CT molecular complexity index is 1060. The molecule has 14 heteroatoms. The van der Waals surface area contributed by atoms with E-state index in [1.165, 1.54) is 40.6 Å². The Morgan fingerprint density at radius 2 is 2.16 bits per heavy atom. The zero-order valence-electron chi connectivity index (χ0n) is 16.7. The largest absolute Gasteiger partial charge is 1.00 e. The second-order valence-electron chi connectivity index (χ2n) is 6.58. The molecule has 1 saturated heterocycles. The van der Waals surface area contributed by atoms with Gasteiger partial charge in [-0.1, -0.05) is 11.8 Å². The number of fused-ring (bicyclic) bond motifs is 1. The fourth-order valence-electron chi connectivity index (χ4n) is 3.17. The standard InChI is InChI=1S/C18H16N4O5S4.K/c19-10(8-1-3-28-5-8)13(23)21-11-15(24)22-12(17(25)26)9(6-30-16(11)22)7-31-18(27)14-20-2-4-29-14;/h1-5,10-11,16H,6-7,19H2,(H,21,23)(H,25,26);/q;+1/p-1/t10?,11?,16-;/m1./s1. The molecule has 32 heavy (non-hydrogen) atoms. The van der Waals surface area contributed by atoms with E-state index in [0.717, 1.165) is 16.7 Å². The Labute approximate surface area is 242 Å². The van der Waals surface area contributed by atoms with Crippen molar-refractivity contribution in [1.29, 1.82) is 0 Å². The maximum atomic E-state index is 12.7. The van der Waals surface area contributed by atoms with E-state index in [1.54, 1.807) is 22.2 Å². The topological polar surface area (TPSA) is 146 Å². The molecule has 2 unspecified atom stereocenters. The maximum Gasteiger partial charge on any atom is 1.00 e. The number of rotatable bonds is 7. The minimum atomic E-state index is -1.49. The molecular formula is C18H15KN4O5S4. The molecule has 4 rings (SSSR count). The second-order valence-corrected chi connectivity index (χ2v) is 10.3. The third kappa shape index (κ3) is 5.24. The van der Waals surface area contributed by atoms with Crippen molar-refractivity contribution < 1.29 is 75.7 Å². The summed E-state index contributed by atoms with van der Waals surface area (Å²) in [5.74, 6) is -2.15. The summed E-state index contributed by atoms with van der Waals surface area (Å²) in [7, 11) is 0. The number of carboxylic acid groups (broad SMARTS) is 1. The average molecular weight is 535 g/mol. The van der Waals surface area contributed by atoms with Crippen LogP contribution in [0.1, 0.15) is 21.4 Å². The number of hydrogen-bond donors (Lipinski definition) is 2. The number of thiophene rings is 1. The summed E-state index contributed by atoms with van der Waals surface area (Å²) in [4.78, 5) is 54.1. The van der Waals surface area contributed by atoms with Gasteiger partial charge in [-0.3, -0.25) is 19.3 Å². The summed E-state index contributed by atoms with van der Waals surface area (Å²) in [6, 6.07) is -0.0584. The summed E-state index contributed by atoms with van der Waals surface area (Å²) in [6.07, 6.45) is 1.52. The van der Waals surface area contributed by atoms with Gasteiger partial charge in [-0.2, -0.15) is 11.3 Å². The van der Waals surface area contributed by atoms with Gasteiger partial charge >= 0.3 is 51.4 Å². The number of hydrogen-bond acceptors (Lipinski definition) is 11. The molecule has 3 atom stereocenters. The zero-order valence-corrected chi connectivity index (χ0v) is 23.1. The SMILES string of the molecule is NC(C(=O)NC1C(=O)N2C(C(=O)[O-])=C(CSC(=O)c3nccs3)CS[C@H]12)c1ccsc1.[K+]. The summed E-state index contributed by atoms with van der Waals surface area (Å²) < 4.78 is 0. The molecule has 0 bridgehead atoms. The van der Waals surface area contributed by atoms with E-state index < -0.39 is 35.2 Å². The molecule has 162 valence electrons. The normalized spacial score (nSPS) is 20.7. The van der Waals surface area contributed by atoms with Gasteiger partial charge in [0.1, 0.15) is 17.5 Å². The van der Waals surface area contributed by atoms with Gasteiger partial charge in [0.2, 0.25) is 11.0 Å². The number of aromatic nitrogens is 1. The first kappa shape index (κ1) is 26.1. The predicted octanol–water partition coefficient (Wildman–Crippen LogP) is -2.81. The molecule has 0 spiro atoms. The molecule has 3 N–H and O–H groups in total. The van der Waals surface area contributed by atoms with Crippen molar-refractivity contribution in [2.75, 3.05) is 11.5 Å². The maximum absolute atomic E-state index is 12.7. The number of nitrogens with zero attached hydrogens (tertiary/aromatic N) is 2. The summed E-state index contributed by atoms with van der Waals surface area (Å²) in [6.45, 7) is 0. The molecule has 0 saturated carbocycles. The van der Waals surface area contributed by atoms with Gasteiger partial charge in [0.25, 0.3) is 5.91 Å². The first-order valence-electron chi connectivity index (χ1n) is 8.91. The second kappa shape index (κ2) is 11.2. The fourth-order valence-corrected chi connectivity index (χ4v) is 6.85. The van der Waals surface area contributed by atoms with E-state index in [9.17, 15) is 24.3 Å². The van der Waals surface area contributed by atoms with Crippen LogP contribution in [-0.2, 0) is 14.4 Å². The molecule has 2 aliphatic heterocycles. The van der Waals surface area contributed by atoms with Crippen molar-refractivity contribution in [1.82, 2.24) is 15.2 Å². The van der Waals surface area contributed by atoms with E-state index in [2.05, 4.69) is 10.3 Å². The molecule has 0 aromatic carbocycles. The van der Waals surface area contributed by atoms with Gasteiger partial charge in [-0.25, -0.2) is 4.98 Å². The van der Waals surface area contributed by atoms with E-state index in [1.807, 2.05) is 0 Å². The van der Waals surface area contributed by atoms with Gasteiger partial charge < -0.3 is 21.0 Å². The first-order valence-corrected chi connectivity index (χ1v) is 12.8. The number of aliphatic carboxylic acids is 1. The van der Waals surface area contributed by atoms with Crippen molar-refractivity contribution >= 4 is 69.1 Å². The van der Waals surface area contributed by atoms with Crippen LogP contribution in [0.2, 0.25) is 0 Å². The van der Waals surface area contributed by atoms with Crippen LogP contribution in [0.15, 0.2) is 39.7 Å². The molecule has 0 aliphatic carbocycles. The van der Waals surface area contributed by atoms with Crippen molar-refractivity contribution in [3.05, 3.63) is 50.2 Å². The predicted molar refractivity (Wildman–Crippen MR) is 117 cm³/mol. The van der Waals surface area contributed by atoms with Gasteiger partial charge in [-0.15, -0.1) is 23.1 Å². The Balaban J connectivity index is 0.00000289. The third-order valence-electron chi connectivity index (χ3n) is 4.71. The Morgan fingerprint density at radius 3 is 2.78 bits per heavy atom. The molecular weight excluding hydrogens is 520 g/mol. The summed E-state index contributed by atoms with van der Waals surface area (Å²) in [5.41, 5.74) is 6.77. The van der Waals surface area contributed by atoms with Crippen molar-refractivity contribution in [3.63, 3.8) is 0 Å². The molecule has 2 aromatic heterocycles. The van der Waals surface area contributed by atoms with Crippen LogP contribution in [0.3, 0.4) is 0 Å². The average Bonchev–Trinajstić information content (AvgIpc) is 3.48. The number of thioether (sulfide) groups is 2. The van der Waals surface area contributed by atoms with E-state index in [4.69, 9.17) is 5.73 Å². The van der Waals surface area contributed by atoms with Crippen LogP contribution in [-0.4, -0.2) is 55.7 Å². The number of nitrogens with one attached hydrogen (secondary N) is 1. The number of carbonyl (C=O) groups is 4. The Hall–Kier alpha value is -0.554. The number of nitrogens with two attached hydrogens (primary N) is 1. The quantitative estimate of drug-likeness (QED) is 0.284. The molecule has 2 amide bonds. The zero-order chi connectivity index (χ0) is 22.1. The minimum Gasteiger partial charge on any atom is -0.543 e. The monoisotopic (exact) mass is 534 g/mol. The number of carboxylic acids is 1. The van der Waals surface area contributed by atoms with Gasteiger partial charge in [-0.05, 0) is 28.0 Å². The van der Waals surface area contributed by atoms with Crippen LogP contribution in [0.4, 0.5) is 0 Å². The molecule has 4 heterocycles. The fraction of sp³-hybridized carbons (Fsp3) is 0.278. The van der Waals surface area contributed by atoms with E-state index in [-0.39, 0.29) is 67.9 Å². The van der Waals surface area contributed by atoms with Gasteiger partial charge in [0, 0.05) is 23.1 Å². The van der Waals surface area contributed by atoms with Crippen molar-refractivity contribution in [3.8, 4) is 0 Å². The smallest absolute Gasteiger partial charge is 0.543 e. The van der Waals surface area contributed by atoms with Crippen molar-refractivity contribution in [2.45, 2.75) is 17.5 Å². The summed E-state index contributed by atoms with van der Waals surface area (Å²) in [5, 5.41) is 19.1. The number of carbonyl (C=O) groups excluding carboxylic acids is 4. The van der Waals surface area contributed by atoms with Gasteiger partial charge in [0.15, 0.2) is 5.01 Å². The first-order chi connectivity index (χ1) is 14.9. The number of β-lactam (4-membered cyclic amide) rings is 1.